The smallest absolute Gasteiger partial charge is 0.336 e. The van der Waals surface area contributed by atoms with Gasteiger partial charge in [-0.1, -0.05) is 26.0 Å². The van der Waals surface area contributed by atoms with Crippen LogP contribution in [-0.2, 0) is 10.5 Å². The maximum atomic E-state index is 11.4. The highest BCUT2D eigenvalue weighted by Gasteiger charge is 2.42. The van der Waals surface area contributed by atoms with E-state index in [1.54, 1.807) is 14.0 Å². The Hall–Kier alpha value is -1.20. The highest BCUT2D eigenvalue weighted by Crippen LogP contribution is 2.32. The summed E-state index contributed by atoms with van der Waals surface area (Å²) in [5, 5.41) is 19.4. The maximum Gasteiger partial charge on any atom is 0.336 e. The van der Waals surface area contributed by atoms with E-state index in [0.29, 0.717) is 5.75 Å². The molecule has 118 valence electrons. The molecule has 0 fully saturated rings. The van der Waals surface area contributed by atoms with Crippen LogP contribution in [0.3, 0.4) is 0 Å². The van der Waals surface area contributed by atoms with Gasteiger partial charge in [-0.2, -0.15) is 11.8 Å². The largest absolute Gasteiger partial charge is 0.497 e. The molecule has 5 heteroatoms. The van der Waals surface area contributed by atoms with Gasteiger partial charge in [0.25, 0.3) is 0 Å². The molecule has 0 amide bonds. The van der Waals surface area contributed by atoms with Crippen molar-refractivity contribution in [3.05, 3.63) is 29.8 Å². The van der Waals surface area contributed by atoms with Crippen molar-refractivity contribution in [2.45, 2.75) is 43.8 Å². The molecule has 0 saturated heterocycles. The van der Waals surface area contributed by atoms with Gasteiger partial charge in [-0.25, -0.2) is 4.79 Å². The van der Waals surface area contributed by atoms with Gasteiger partial charge < -0.3 is 14.9 Å². The zero-order valence-electron chi connectivity index (χ0n) is 13.0. The Morgan fingerprint density at radius 3 is 2.29 bits per heavy atom. The van der Waals surface area contributed by atoms with Gasteiger partial charge in [-0.3, -0.25) is 0 Å². The molecule has 0 bridgehead atoms. The molecular weight excluding hydrogens is 288 g/mol. The minimum atomic E-state index is -1.69. The first-order valence-corrected chi connectivity index (χ1v) is 8.04. The highest BCUT2D eigenvalue weighted by molar-refractivity contribution is 7.99. The number of aliphatic carboxylic acids is 1. The fourth-order valence-electron chi connectivity index (χ4n) is 2.13. The molecule has 1 rings (SSSR count). The number of carboxylic acid groups (broad SMARTS) is 1. The second-order valence-corrected chi connectivity index (χ2v) is 6.96. The van der Waals surface area contributed by atoms with Crippen LogP contribution in [0, 0.1) is 5.92 Å². The Morgan fingerprint density at radius 2 is 1.86 bits per heavy atom. The van der Waals surface area contributed by atoms with E-state index >= 15 is 0 Å². The van der Waals surface area contributed by atoms with Gasteiger partial charge >= 0.3 is 5.97 Å². The van der Waals surface area contributed by atoms with E-state index in [-0.39, 0.29) is 17.6 Å². The van der Waals surface area contributed by atoms with Crippen LogP contribution >= 0.6 is 11.8 Å². The molecule has 1 aromatic rings. The lowest BCUT2D eigenvalue weighted by Gasteiger charge is -2.31. The second-order valence-electron chi connectivity index (χ2n) is 5.63. The monoisotopic (exact) mass is 312 g/mol. The van der Waals surface area contributed by atoms with Crippen LogP contribution in [-0.4, -0.2) is 34.1 Å². The topological polar surface area (TPSA) is 66.8 Å². The van der Waals surface area contributed by atoms with Crippen molar-refractivity contribution in [3.63, 3.8) is 0 Å². The van der Waals surface area contributed by atoms with Gasteiger partial charge in [0.1, 0.15) is 5.75 Å². The maximum absolute atomic E-state index is 11.4. The summed E-state index contributed by atoms with van der Waals surface area (Å²) in [7, 11) is 1.62. The predicted octanol–water partition coefficient (Wildman–Crippen LogP) is 3.18. The van der Waals surface area contributed by atoms with Crippen LogP contribution in [0.1, 0.15) is 32.8 Å². The SMILES string of the molecule is COc1ccc(CS[C@H](C)[C@](O)(CC(C)C)C(=O)O)cc1. The lowest BCUT2D eigenvalue weighted by molar-refractivity contribution is -0.159. The van der Waals surface area contributed by atoms with Crippen LogP contribution in [0.5, 0.6) is 5.75 Å². The van der Waals surface area contributed by atoms with Crippen LogP contribution in [0.15, 0.2) is 24.3 Å². The third-order valence-electron chi connectivity index (χ3n) is 3.42. The molecule has 21 heavy (non-hydrogen) atoms. The lowest BCUT2D eigenvalue weighted by Crippen LogP contribution is -2.47. The molecule has 0 spiro atoms. The molecule has 0 saturated carbocycles. The Morgan fingerprint density at radius 1 is 1.29 bits per heavy atom. The van der Waals surface area contributed by atoms with Crippen LogP contribution in [0.4, 0.5) is 0 Å². The highest BCUT2D eigenvalue weighted by atomic mass is 32.2. The Labute approximate surface area is 130 Å². The quantitative estimate of drug-likeness (QED) is 0.772. The summed E-state index contributed by atoms with van der Waals surface area (Å²) in [4.78, 5) is 11.4. The first kappa shape index (κ1) is 17.9. The van der Waals surface area contributed by atoms with E-state index in [1.165, 1.54) is 11.8 Å². The van der Waals surface area contributed by atoms with Crippen molar-refractivity contribution in [3.8, 4) is 5.75 Å². The molecule has 0 aliphatic carbocycles. The van der Waals surface area contributed by atoms with E-state index in [0.717, 1.165) is 11.3 Å². The molecule has 2 N–H and O–H groups in total. The fraction of sp³-hybridized carbons (Fsp3) is 0.562. The zero-order chi connectivity index (χ0) is 16.0. The molecule has 0 heterocycles. The van der Waals surface area contributed by atoms with E-state index in [2.05, 4.69) is 0 Å². The number of hydrogen-bond donors (Lipinski definition) is 2. The molecule has 0 unspecified atom stereocenters. The summed E-state index contributed by atoms with van der Waals surface area (Å²) >= 11 is 1.45. The third-order valence-corrected chi connectivity index (χ3v) is 4.81. The van der Waals surface area contributed by atoms with Crippen molar-refractivity contribution < 1.29 is 19.7 Å². The normalized spacial score (nSPS) is 15.5. The molecule has 0 radical (unpaired) electrons. The van der Waals surface area contributed by atoms with Gasteiger partial charge in [0.2, 0.25) is 0 Å². The summed E-state index contributed by atoms with van der Waals surface area (Å²) in [6.45, 7) is 5.59. The molecular formula is C16H24O4S. The third kappa shape index (κ3) is 4.93. The van der Waals surface area contributed by atoms with Gasteiger partial charge in [0, 0.05) is 11.0 Å². The average molecular weight is 312 g/mol. The standard InChI is InChI=1S/C16H24O4S/c1-11(2)9-16(19,15(17)18)12(3)21-10-13-5-7-14(20-4)8-6-13/h5-8,11-12,19H,9-10H2,1-4H3,(H,17,18)/t12-,16-/m1/s1. The first-order chi connectivity index (χ1) is 9.79. The van der Waals surface area contributed by atoms with Gasteiger partial charge in [-0.15, -0.1) is 0 Å². The minimum absolute atomic E-state index is 0.120. The molecule has 0 aromatic heterocycles. The van der Waals surface area contributed by atoms with Gasteiger partial charge in [0.15, 0.2) is 5.60 Å². The van der Waals surface area contributed by atoms with Crippen molar-refractivity contribution in [2.24, 2.45) is 5.92 Å². The molecule has 0 aliphatic heterocycles. The summed E-state index contributed by atoms with van der Waals surface area (Å²) in [5.74, 6) is 0.415. The number of rotatable bonds is 8. The molecule has 0 aliphatic rings. The van der Waals surface area contributed by atoms with Crippen LogP contribution in [0.2, 0.25) is 0 Å². The summed E-state index contributed by atoms with van der Waals surface area (Å²) in [5.41, 5.74) is -0.615. The number of methoxy groups -OCH3 is 1. The van der Waals surface area contributed by atoms with Crippen LogP contribution in [0.25, 0.3) is 0 Å². The van der Waals surface area contributed by atoms with Gasteiger partial charge in [-0.05, 0) is 37.0 Å². The molecule has 2 atom stereocenters. The Kier molecular flexibility index (Phi) is 6.55. The Balaban J connectivity index is 2.68. The number of ether oxygens (including phenoxy) is 1. The van der Waals surface area contributed by atoms with Crippen molar-refractivity contribution in [1.82, 2.24) is 0 Å². The zero-order valence-corrected chi connectivity index (χ0v) is 13.8. The second kappa shape index (κ2) is 7.71. The minimum Gasteiger partial charge on any atom is -0.497 e. The van der Waals surface area contributed by atoms with Crippen molar-refractivity contribution in [2.75, 3.05) is 7.11 Å². The number of benzene rings is 1. The predicted molar refractivity (Wildman–Crippen MR) is 85.8 cm³/mol. The average Bonchev–Trinajstić information content (AvgIpc) is 2.44. The first-order valence-electron chi connectivity index (χ1n) is 7.00. The number of thioether (sulfide) groups is 1. The molecule has 1 aromatic carbocycles. The number of carbonyl (C=O) groups is 1. The molecule has 4 nitrogen and oxygen atoms in total. The van der Waals surface area contributed by atoms with Gasteiger partial charge in [0.05, 0.1) is 7.11 Å². The lowest BCUT2D eigenvalue weighted by atomic mass is 9.90. The summed E-state index contributed by atoms with van der Waals surface area (Å²) in [6.07, 6.45) is 0.249. The van der Waals surface area contributed by atoms with Crippen LogP contribution < -0.4 is 4.74 Å². The van der Waals surface area contributed by atoms with Crippen molar-refractivity contribution >= 4 is 17.7 Å². The van der Waals surface area contributed by atoms with E-state index in [1.807, 2.05) is 38.1 Å². The van der Waals surface area contributed by atoms with E-state index in [4.69, 9.17) is 4.74 Å². The van der Waals surface area contributed by atoms with E-state index in [9.17, 15) is 15.0 Å². The number of aliphatic hydroxyl groups is 1. The Bertz CT molecular complexity index is 458. The number of hydrogen-bond acceptors (Lipinski definition) is 4. The fourth-order valence-corrected chi connectivity index (χ4v) is 3.24. The van der Waals surface area contributed by atoms with E-state index < -0.39 is 11.6 Å². The summed E-state index contributed by atoms with van der Waals surface area (Å²) < 4.78 is 5.10. The van der Waals surface area contributed by atoms with Crippen molar-refractivity contribution in [1.29, 1.82) is 0 Å². The number of carboxylic acids is 1. The summed E-state index contributed by atoms with van der Waals surface area (Å²) in [6, 6.07) is 7.64.